The third-order valence-electron chi connectivity index (χ3n) is 3.40. The Morgan fingerprint density at radius 1 is 1.14 bits per heavy atom. The summed E-state index contributed by atoms with van der Waals surface area (Å²) in [6.07, 6.45) is 1.06. The second-order valence-electron chi connectivity index (χ2n) is 5.14. The number of ether oxygens (including phenoxy) is 1. The van der Waals surface area contributed by atoms with Gasteiger partial charge in [-0.25, -0.2) is 4.39 Å². The summed E-state index contributed by atoms with van der Waals surface area (Å²) in [4.78, 5) is 0. The Hall–Kier alpha value is -1.87. The van der Waals surface area contributed by atoms with Gasteiger partial charge in [0.25, 0.3) is 0 Å². The average molecular weight is 287 g/mol. The number of hydrogen-bond acceptors (Lipinski definition) is 2. The van der Waals surface area contributed by atoms with Crippen LogP contribution in [-0.2, 0) is 0 Å². The number of hydrogen-bond donors (Lipinski definition) is 1. The van der Waals surface area contributed by atoms with Gasteiger partial charge in [0.1, 0.15) is 18.2 Å². The fraction of sp³-hybridized carbons (Fsp3) is 0.333. The molecule has 1 atom stereocenters. The zero-order chi connectivity index (χ0) is 15.1. The maximum atomic E-state index is 13.5. The van der Waals surface area contributed by atoms with Gasteiger partial charge in [-0.2, -0.15) is 0 Å². The summed E-state index contributed by atoms with van der Waals surface area (Å²) >= 11 is 0. The molecule has 0 fully saturated rings. The van der Waals surface area contributed by atoms with Crippen molar-refractivity contribution >= 4 is 0 Å². The van der Waals surface area contributed by atoms with E-state index in [1.165, 1.54) is 11.6 Å². The van der Waals surface area contributed by atoms with Crippen molar-refractivity contribution < 1.29 is 9.13 Å². The van der Waals surface area contributed by atoms with Gasteiger partial charge in [-0.15, -0.1) is 0 Å². The van der Waals surface area contributed by atoms with Crippen LogP contribution in [0.2, 0.25) is 0 Å². The Bertz CT molecular complexity index is 556. The van der Waals surface area contributed by atoms with Crippen LogP contribution in [0, 0.1) is 12.7 Å². The van der Waals surface area contributed by atoms with E-state index in [1.54, 1.807) is 19.1 Å². The minimum atomic E-state index is -0.231. The van der Waals surface area contributed by atoms with Gasteiger partial charge >= 0.3 is 0 Å². The molecule has 0 aromatic heterocycles. The molecule has 0 heterocycles. The molecule has 0 bridgehead atoms. The number of rotatable bonds is 7. The summed E-state index contributed by atoms with van der Waals surface area (Å²) in [5, 5.41) is 3.46. The summed E-state index contributed by atoms with van der Waals surface area (Å²) < 4.78 is 19.3. The molecule has 1 unspecified atom stereocenters. The minimum absolute atomic E-state index is 0.107. The highest BCUT2D eigenvalue weighted by atomic mass is 19.1. The van der Waals surface area contributed by atoms with E-state index in [4.69, 9.17) is 4.74 Å². The van der Waals surface area contributed by atoms with Crippen LogP contribution >= 0.6 is 0 Å². The van der Waals surface area contributed by atoms with Crippen molar-refractivity contribution in [3.63, 3.8) is 0 Å². The van der Waals surface area contributed by atoms with Crippen LogP contribution in [-0.4, -0.2) is 13.2 Å². The van der Waals surface area contributed by atoms with Crippen LogP contribution in [0.4, 0.5) is 4.39 Å². The fourth-order valence-corrected chi connectivity index (χ4v) is 2.12. The van der Waals surface area contributed by atoms with Crippen molar-refractivity contribution in [2.75, 3.05) is 13.2 Å². The SMILES string of the molecule is CCCNC(COc1ccc(C)c(F)c1)c1ccccc1. The summed E-state index contributed by atoms with van der Waals surface area (Å²) in [5.74, 6) is 0.336. The van der Waals surface area contributed by atoms with Gasteiger partial charge in [-0.3, -0.25) is 0 Å². The van der Waals surface area contributed by atoms with Gasteiger partial charge < -0.3 is 10.1 Å². The number of benzene rings is 2. The Balaban J connectivity index is 2.03. The number of aryl methyl sites for hydroxylation is 1. The second-order valence-corrected chi connectivity index (χ2v) is 5.14. The van der Waals surface area contributed by atoms with Crippen molar-refractivity contribution in [2.45, 2.75) is 26.3 Å². The van der Waals surface area contributed by atoms with Crippen molar-refractivity contribution in [3.05, 3.63) is 65.5 Å². The van der Waals surface area contributed by atoms with Crippen molar-refractivity contribution in [2.24, 2.45) is 0 Å². The molecule has 112 valence electrons. The fourth-order valence-electron chi connectivity index (χ4n) is 2.12. The Morgan fingerprint density at radius 3 is 2.57 bits per heavy atom. The van der Waals surface area contributed by atoms with Crippen molar-refractivity contribution in [1.29, 1.82) is 0 Å². The first-order chi connectivity index (χ1) is 10.2. The maximum Gasteiger partial charge on any atom is 0.129 e. The molecular weight excluding hydrogens is 265 g/mol. The van der Waals surface area contributed by atoms with Crippen LogP contribution in [0.3, 0.4) is 0 Å². The zero-order valence-corrected chi connectivity index (χ0v) is 12.6. The standard InChI is InChI=1S/C18H22FNO/c1-3-11-20-18(15-7-5-4-6-8-15)13-21-16-10-9-14(2)17(19)12-16/h4-10,12,18,20H,3,11,13H2,1-2H3. The lowest BCUT2D eigenvalue weighted by molar-refractivity contribution is 0.265. The summed E-state index contributed by atoms with van der Waals surface area (Å²) in [5.41, 5.74) is 1.81. The average Bonchev–Trinajstić information content (AvgIpc) is 2.51. The largest absolute Gasteiger partial charge is 0.492 e. The van der Waals surface area contributed by atoms with E-state index in [0.717, 1.165) is 13.0 Å². The van der Waals surface area contributed by atoms with Crippen LogP contribution in [0.1, 0.15) is 30.5 Å². The molecule has 0 radical (unpaired) electrons. The molecule has 1 N–H and O–H groups in total. The molecule has 0 saturated heterocycles. The second kappa shape index (κ2) is 7.79. The summed E-state index contributed by atoms with van der Waals surface area (Å²) in [6, 6.07) is 15.3. The number of nitrogens with one attached hydrogen (secondary N) is 1. The quantitative estimate of drug-likeness (QED) is 0.822. The highest BCUT2D eigenvalue weighted by Crippen LogP contribution is 2.19. The van der Waals surface area contributed by atoms with Gasteiger partial charge in [0, 0.05) is 6.07 Å². The van der Waals surface area contributed by atoms with Crippen LogP contribution in [0.5, 0.6) is 5.75 Å². The predicted molar refractivity (Wildman–Crippen MR) is 84.1 cm³/mol. The summed E-state index contributed by atoms with van der Waals surface area (Å²) in [7, 11) is 0. The molecule has 3 heteroatoms. The maximum absolute atomic E-state index is 13.5. The van der Waals surface area contributed by atoms with Crippen molar-refractivity contribution in [1.82, 2.24) is 5.32 Å². The lowest BCUT2D eigenvalue weighted by atomic mass is 10.1. The van der Waals surface area contributed by atoms with Gasteiger partial charge in [-0.05, 0) is 37.1 Å². The molecule has 2 rings (SSSR count). The lowest BCUT2D eigenvalue weighted by Crippen LogP contribution is -2.27. The Morgan fingerprint density at radius 2 is 1.90 bits per heavy atom. The third kappa shape index (κ3) is 4.57. The summed E-state index contributed by atoms with van der Waals surface area (Å²) in [6.45, 7) is 5.28. The first kappa shape index (κ1) is 15.5. The monoisotopic (exact) mass is 287 g/mol. The molecular formula is C18H22FNO. The lowest BCUT2D eigenvalue weighted by Gasteiger charge is -2.19. The highest BCUT2D eigenvalue weighted by Gasteiger charge is 2.11. The normalized spacial score (nSPS) is 12.1. The first-order valence-corrected chi connectivity index (χ1v) is 7.38. The van der Waals surface area contributed by atoms with E-state index in [2.05, 4.69) is 24.4 Å². The van der Waals surface area contributed by atoms with Crippen LogP contribution in [0.15, 0.2) is 48.5 Å². The van der Waals surface area contributed by atoms with E-state index in [1.807, 2.05) is 18.2 Å². The minimum Gasteiger partial charge on any atom is -0.492 e. The predicted octanol–water partition coefficient (Wildman–Crippen LogP) is 4.25. The van der Waals surface area contributed by atoms with E-state index in [-0.39, 0.29) is 11.9 Å². The molecule has 2 nitrogen and oxygen atoms in total. The highest BCUT2D eigenvalue weighted by molar-refractivity contribution is 5.28. The molecule has 2 aromatic rings. The van der Waals surface area contributed by atoms with E-state index < -0.39 is 0 Å². The topological polar surface area (TPSA) is 21.3 Å². The van der Waals surface area contributed by atoms with Crippen LogP contribution in [0.25, 0.3) is 0 Å². The van der Waals surface area contributed by atoms with E-state index >= 15 is 0 Å². The van der Waals surface area contributed by atoms with Gasteiger partial charge in [-0.1, -0.05) is 43.3 Å². The van der Waals surface area contributed by atoms with Gasteiger partial charge in [0.15, 0.2) is 0 Å². The molecule has 0 spiro atoms. The molecule has 0 aliphatic heterocycles. The van der Waals surface area contributed by atoms with Crippen LogP contribution < -0.4 is 10.1 Å². The molecule has 2 aromatic carbocycles. The van der Waals surface area contributed by atoms with Gasteiger partial charge in [0.05, 0.1) is 6.04 Å². The molecule has 21 heavy (non-hydrogen) atoms. The van der Waals surface area contributed by atoms with Crippen molar-refractivity contribution in [3.8, 4) is 5.75 Å². The van der Waals surface area contributed by atoms with E-state index in [0.29, 0.717) is 17.9 Å². The Kier molecular flexibility index (Phi) is 5.76. The molecule has 0 amide bonds. The zero-order valence-electron chi connectivity index (χ0n) is 12.6. The molecule has 0 aliphatic carbocycles. The molecule has 0 saturated carbocycles. The van der Waals surface area contributed by atoms with Gasteiger partial charge in [0.2, 0.25) is 0 Å². The Labute approximate surface area is 126 Å². The first-order valence-electron chi connectivity index (χ1n) is 7.38. The van der Waals surface area contributed by atoms with E-state index in [9.17, 15) is 4.39 Å². The smallest absolute Gasteiger partial charge is 0.129 e. The number of halogens is 1. The third-order valence-corrected chi connectivity index (χ3v) is 3.40. The molecule has 0 aliphatic rings.